The fourth-order valence-electron chi connectivity index (χ4n) is 1.90. The van der Waals surface area contributed by atoms with Crippen LogP contribution in [-0.2, 0) is 0 Å². The predicted molar refractivity (Wildman–Crippen MR) is 77.4 cm³/mol. The first-order valence-electron chi connectivity index (χ1n) is 6.63. The van der Waals surface area contributed by atoms with Gasteiger partial charge in [0.1, 0.15) is 6.07 Å². The maximum Gasteiger partial charge on any atom is 0.159 e. The Morgan fingerprint density at radius 3 is 2.58 bits per heavy atom. The summed E-state index contributed by atoms with van der Waals surface area (Å²) < 4.78 is 0. The van der Waals surface area contributed by atoms with Crippen LogP contribution in [0.4, 0.5) is 5.69 Å². The number of carbonyl (C=O) groups excluding carboxylic acids is 1. The third-order valence-electron chi connectivity index (χ3n) is 3.18. The summed E-state index contributed by atoms with van der Waals surface area (Å²) in [7, 11) is 0. The van der Waals surface area contributed by atoms with Gasteiger partial charge in [0, 0.05) is 18.7 Å². The Balaban J connectivity index is 2.73. The molecule has 0 bridgehead atoms. The molecule has 0 aliphatic carbocycles. The summed E-state index contributed by atoms with van der Waals surface area (Å²) in [4.78, 5) is 13.7. The Morgan fingerprint density at radius 2 is 2.05 bits per heavy atom. The number of rotatable bonds is 7. The minimum atomic E-state index is 0.0104. The topological polar surface area (TPSA) is 56.1 Å². The van der Waals surface area contributed by atoms with E-state index in [1.807, 2.05) is 0 Å². The molecule has 0 aromatic heterocycles. The quantitative estimate of drug-likeness (QED) is 0.764. The smallest absolute Gasteiger partial charge is 0.159 e. The molecule has 1 aromatic carbocycles. The molecular formula is C15H21N3O. The van der Waals surface area contributed by atoms with Crippen molar-refractivity contribution in [2.75, 3.05) is 31.5 Å². The first kappa shape index (κ1) is 15.2. The van der Waals surface area contributed by atoms with Crippen molar-refractivity contribution in [3.05, 3.63) is 29.3 Å². The molecule has 0 heterocycles. The maximum atomic E-state index is 11.4. The van der Waals surface area contributed by atoms with Crippen LogP contribution in [0.2, 0.25) is 0 Å². The summed E-state index contributed by atoms with van der Waals surface area (Å²) in [6.45, 7) is 9.48. The number of likely N-dealkylation sites (N-methyl/N-ethyl adjacent to an activating group) is 1. The fourth-order valence-corrected chi connectivity index (χ4v) is 1.90. The second-order valence-electron chi connectivity index (χ2n) is 4.38. The van der Waals surface area contributed by atoms with E-state index in [0.717, 1.165) is 31.9 Å². The van der Waals surface area contributed by atoms with Gasteiger partial charge in [-0.25, -0.2) is 0 Å². The van der Waals surface area contributed by atoms with Gasteiger partial charge >= 0.3 is 0 Å². The lowest BCUT2D eigenvalue weighted by Crippen LogP contribution is -2.28. The molecule has 4 heteroatoms. The number of ketones is 1. The van der Waals surface area contributed by atoms with Gasteiger partial charge in [-0.3, -0.25) is 4.79 Å². The number of carbonyl (C=O) groups is 1. The Labute approximate surface area is 115 Å². The van der Waals surface area contributed by atoms with Crippen molar-refractivity contribution in [1.82, 2.24) is 4.90 Å². The molecule has 0 amide bonds. The Morgan fingerprint density at radius 1 is 1.37 bits per heavy atom. The zero-order valence-corrected chi connectivity index (χ0v) is 11.9. The van der Waals surface area contributed by atoms with Crippen LogP contribution in [0, 0.1) is 11.3 Å². The standard InChI is InChI=1S/C15H21N3O/c1-4-18(5-2)9-8-17-15-10-13(12(3)19)6-7-14(15)11-16/h6-7,10,17H,4-5,8-9H2,1-3H3. The molecule has 0 aliphatic heterocycles. The molecular weight excluding hydrogens is 238 g/mol. The number of nitrogens with zero attached hydrogens (tertiary/aromatic N) is 2. The van der Waals surface area contributed by atoms with Crippen LogP contribution in [0.15, 0.2) is 18.2 Å². The van der Waals surface area contributed by atoms with E-state index in [1.165, 1.54) is 6.92 Å². The summed E-state index contributed by atoms with van der Waals surface area (Å²) in [6.07, 6.45) is 0. The van der Waals surface area contributed by atoms with Gasteiger partial charge in [-0.1, -0.05) is 13.8 Å². The average molecular weight is 259 g/mol. The normalized spacial score (nSPS) is 10.3. The van der Waals surface area contributed by atoms with Crippen LogP contribution in [0.25, 0.3) is 0 Å². The highest BCUT2D eigenvalue weighted by Gasteiger charge is 2.06. The van der Waals surface area contributed by atoms with E-state index in [2.05, 4.69) is 30.1 Å². The molecule has 0 fully saturated rings. The van der Waals surface area contributed by atoms with Gasteiger partial charge in [0.25, 0.3) is 0 Å². The van der Waals surface area contributed by atoms with Crippen molar-refractivity contribution in [3.8, 4) is 6.07 Å². The Hall–Kier alpha value is -1.86. The minimum absolute atomic E-state index is 0.0104. The van der Waals surface area contributed by atoms with E-state index >= 15 is 0 Å². The number of hydrogen-bond donors (Lipinski definition) is 1. The van der Waals surface area contributed by atoms with Crippen LogP contribution in [-0.4, -0.2) is 36.9 Å². The monoisotopic (exact) mass is 259 g/mol. The van der Waals surface area contributed by atoms with Gasteiger partial charge in [0.2, 0.25) is 0 Å². The lowest BCUT2D eigenvalue weighted by atomic mass is 10.1. The summed E-state index contributed by atoms with van der Waals surface area (Å²) in [5.41, 5.74) is 1.94. The Kier molecular flexibility index (Phi) is 6.04. The van der Waals surface area contributed by atoms with Crippen LogP contribution in [0.3, 0.4) is 0 Å². The van der Waals surface area contributed by atoms with E-state index in [-0.39, 0.29) is 5.78 Å². The first-order chi connectivity index (χ1) is 9.12. The molecule has 1 N–H and O–H groups in total. The molecule has 0 spiro atoms. The SMILES string of the molecule is CCN(CC)CCNc1cc(C(C)=O)ccc1C#N. The third-order valence-corrected chi connectivity index (χ3v) is 3.18. The molecule has 1 aromatic rings. The number of hydrogen-bond acceptors (Lipinski definition) is 4. The van der Waals surface area contributed by atoms with Crippen LogP contribution < -0.4 is 5.32 Å². The maximum absolute atomic E-state index is 11.4. The summed E-state index contributed by atoms with van der Waals surface area (Å²) in [5, 5.41) is 12.3. The number of benzene rings is 1. The lowest BCUT2D eigenvalue weighted by Gasteiger charge is -2.18. The summed E-state index contributed by atoms with van der Waals surface area (Å²) in [5.74, 6) is 0.0104. The summed E-state index contributed by atoms with van der Waals surface area (Å²) >= 11 is 0. The molecule has 0 saturated heterocycles. The van der Waals surface area contributed by atoms with Crippen LogP contribution in [0.1, 0.15) is 36.7 Å². The zero-order valence-electron chi connectivity index (χ0n) is 11.9. The van der Waals surface area contributed by atoms with Gasteiger partial charge in [-0.15, -0.1) is 0 Å². The third kappa shape index (κ3) is 4.38. The number of nitrogens with one attached hydrogen (secondary N) is 1. The van der Waals surface area contributed by atoms with Crippen LogP contribution in [0.5, 0.6) is 0 Å². The van der Waals surface area contributed by atoms with E-state index in [4.69, 9.17) is 5.26 Å². The lowest BCUT2D eigenvalue weighted by molar-refractivity contribution is 0.101. The highest BCUT2D eigenvalue weighted by molar-refractivity contribution is 5.95. The molecule has 102 valence electrons. The molecule has 0 saturated carbocycles. The van der Waals surface area contributed by atoms with Crippen molar-refractivity contribution in [2.24, 2.45) is 0 Å². The number of anilines is 1. The molecule has 4 nitrogen and oxygen atoms in total. The van der Waals surface area contributed by atoms with Crippen LogP contribution >= 0.6 is 0 Å². The zero-order chi connectivity index (χ0) is 14.3. The minimum Gasteiger partial charge on any atom is -0.383 e. The van der Waals surface area contributed by atoms with E-state index in [1.54, 1.807) is 18.2 Å². The highest BCUT2D eigenvalue weighted by Crippen LogP contribution is 2.17. The second kappa shape index (κ2) is 7.55. The fraction of sp³-hybridized carbons (Fsp3) is 0.467. The van der Waals surface area contributed by atoms with Crippen molar-refractivity contribution in [3.63, 3.8) is 0 Å². The molecule has 19 heavy (non-hydrogen) atoms. The van der Waals surface area contributed by atoms with Gasteiger partial charge in [-0.2, -0.15) is 5.26 Å². The Bertz CT molecular complexity index is 473. The van der Waals surface area contributed by atoms with E-state index < -0.39 is 0 Å². The number of nitriles is 1. The van der Waals surface area contributed by atoms with Crippen molar-refractivity contribution < 1.29 is 4.79 Å². The summed E-state index contributed by atoms with van der Waals surface area (Å²) in [6, 6.07) is 7.28. The molecule has 0 radical (unpaired) electrons. The molecule has 0 aliphatic rings. The molecule has 0 unspecified atom stereocenters. The van der Waals surface area contributed by atoms with Gasteiger partial charge in [-0.05, 0) is 38.2 Å². The van der Waals surface area contributed by atoms with Crippen molar-refractivity contribution >= 4 is 11.5 Å². The first-order valence-corrected chi connectivity index (χ1v) is 6.63. The highest BCUT2D eigenvalue weighted by atomic mass is 16.1. The van der Waals surface area contributed by atoms with Crippen molar-refractivity contribution in [2.45, 2.75) is 20.8 Å². The van der Waals surface area contributed by atoms with E-state index in [0.29, 0.717) is 11.1 Å². The van der Waals surface area contributed by atoms with Gasteiger partial charge in [0.15, 0.2) is 5.78 Å². The molecule has 0 atom stereocenters. The second-order valence-corrected chi connectivity index (χ2v) is 4.38. The van der Waals surface area contributed by atoms with Crippen molar-refractivity contribution in [1.29, 1.82) is 5.26 Å². The van der Waals surface area contributed by atoms with Gasteiger partial charge < -0.3 is 10.2 Å². The molecule has 1 rings (SSSR count). The predicted octanol–water partition coefficient (Wildman–Crippen LogP) is 2.51. The largest absolute Gasteiger partial charge is 0.383 e. The van der Waals surface area contributed by atoms with Gasteiger partial charge in [0.05, 0.1) is 11.3 Å². The average Bonchev–Trinajstić information content (AvgIpc) is 2.43. The number of Topliss-reactive ketones (excluding diaryl/α,β-unsaturated/α-hetero) is 1. The van der Waals surface area contributed by atoms with E-state index in [9.17, 15) is 4.79 Å².